The number of hydrogen-bond acceptors (Lipinski definition) is 7. The summed E-state index contributed by atoms with van der Waals surface area (Å²) in [5.74, 6) is -0.0208. The van der Waals surface area contributed by atoms with Gasteiger partial charge in [0, 0.05) is 12.6 Å². The maximum atomic E-state index is 12.9. The minimum Gasteiger partial charge on any atom is -0.493 e. The Bertz CT molecular complexity index is 1110. The summed E-state index contributed by atoms with van der Waals surface area (Å²) in [6.45, 7) is 2.73. The van der Waals surface area contributed by atoms with Gasteiger partial charge in [0.15, 0.2) is 5.75 Å². The van der Waals surface area contributed by atoms with Crippen molar-refractivity contribution >= 4 is 22.6 Å². The highest BCUT2D eigenvalue weighted by Crippen LogP contribution is 2.46. The summed E-state index contributed by atoms with van der Waals surface area (Å²) in [5.41, 5.74) is 1.05. The van der Waals surface area contributed by atoms with Crippen molar-refractivity contribution in [3.8, 4) is 17.2 Å². The molecule has 0 atom stereocenters. The van der Waals surface area contributed by atoms with Gasteiger partial charge in [-0.2, -0.15) is 0 Å². The van der Waals surface area contributed by atoms with Crippen molar-refractivity contribution in [3.63, 3.8) is 0 Å². The lowest BCUT2D eigenvalue weighted by Gasteiger charge is -2.15. The molecule has 0 saturated carbocycles. The van der Waals surface area contributed by atoms with E-state index in [1.807, 2.05) is 35.8 Å². The van der Waals surface area contributed by atoms with E-state index in [1.165, 1.54) is 27.4 Å². The average molecular weight is 414 g/mol. The number of carbonyl (C=O) groups is 1. The topological polar surface area (TPSA) is 118 Å². The lowest BCUT2D eigenvalue weighted by Crippen LogP contribution is -2.25. The molecule has 0 bridgehead atoms. The number of hydrogen-bond donors (Lipinski definition) is 1. The van der Waals surface area contributed by atoms with Crippen LogP contribution in [0.4, 0.5) is 5.69 Å². The van der Waals surface area contributed by atoms with E-state index in [9.17, 15) is 14.9 Å². The highest BCUT2D eigenvalue weighted by Gasteiger charge is 2.32. The van der Waals surface area contributed by atoms with Crippen LogP contribution >= 0.6 is 0 Å². The van der Waals surface area contributed by atoms with E-state index in [0.717, 1.165) is 11.0 Å². The van der Waals surface area contributed by atoms with Crippen LogP contribution in [0.2, 0.25) is 0 Å². The molecule has 3 rings (SSSR count). The summed E-state index contributed by atoms with van der Waals surface area (Å²) in [7, 11) is 3.96. The van der Waals surface area contributed by atoms with Crippen molar-refractivity contribution in [2.24, 2.45) is 0 Å². The van der Waals surface area contributed by atoms with Crippen LogP contribution in [-0.4, -0.2) is 41.7 Å². The highest BCUT2D eigenvalue weighted by molar-refractivity contribution is 6.00. The van der Waals surface area contributed by atoms with Crippen molar-refractivity contribution < 1.29 is 23.9 Å². The lowest BCUT2D eigenvalue weighted by atomic mass is 10.1. The van der Waals surface area contributed by atoms with E-state index < -0.39 is 16.5 Å². The number of ether oxygens (including phenoxy) is 3. The van der Waals surface area contributed by atoms with Gasteiger partial charge in [-0.1, -0.05) is 12.1 Å². The zero-order valence-electron chi connectivity index (χ0n) is 17.1. The Morgan fingerprint density at radius 3 is 2.47 bits per heavy atom. The van der Waals surface area contributed by atoms with Crippen molar-refractivity contribution in [1.29, 1.82) is 0 Å². The van der Waals surface area contributed by atoms with Crippen LogP contribution in [0.5, 0.6) is 17.2 Å². The number of rotatable bonds is 8. The molecule has 158 valence electrons. The number of methoxy groups -OCH3 is 3. The van der Waals surface area contributed by atoms with Gasteiger partial charge in [-0.3, -0.25) is 14.9 Å². The molecule has 2 aromatic carbocycles. The molecule has 0 fully saturated rings. The molecule has 0 aliphatic rings. The SMILES string of the molecule is CCn1c(CNC(=O)c2cc(OC)c(OC)c(OC)c2[N+](=O)[O-])nc2ccccc21. The predicted molar refractivity (Wildman–Crippen MR) is 109 cm³/mol. The second-order valence-corrected chi connectivity index (χ2v) is 6.24. The van der Waals surface area contributed by atoms with Crippen LogP contribution in [0.3, 0.4) is 0 Å². The highest BCUT2D eigenvalue weighted by atomic mass is 16.6. The van der Waals surface area contributed by atoms with Gasteiger partial charge in [-0.05, 0) is 19.1 Å². The smallest absolute Gasteiger partial charge is 0.327 e. The molecule has 3 aromatic rings. The molecule has 0 spiro atoms. The number of benzene rings is 2. The van der Waals surface area contributed by atoms with E-state index in [2.05, 4.69) is 10.3 Å². The third-order valence-electron chi connectivity index (χ3n) is 4.69. The first-order valence-corrected chi connectivity index (χ1v) is 9.16. The Labute approximate surface area is 172 Å². The lowest BCUT2D eigenvalue weighted by molar-refractivity contribution is -0.386. The molecule has 0 aliphatic carbocycles. The molecule has 30 heavy (non-hydrogen) atoms. The summed E-state index contributed by atoms with van der Waals surface area (Å²) in [6.07, 6.45) is 0. The summed E-state index contributed by atoms with van der Waals surface area (Å²) >= 11 is 0. The molecule has 10 heteroatoms. The van der Waals surface area contributed by atoms with E-state index in [0.29, 0.717) is 12.4 Å². The number of imidazole rings is 1. The zero-order chi connectivity index (χ0) is 21.8. The fraction of sp³-hybridized carbons (Fsp3) is 0.300. The van der Waals surface area contributed by atoms with Crippen molar-refractivity contribution in [2.45, 2.75) is 20.0 Å². The van der Waals surface area contributed by atoms with Crippen LogP contribution in [0.1, 0.15) is 23.1 Å². The first kappa shape index (κ1) is 20.9. The Hall–Kier alpha value is -3.82. The van der Waals surface area contributed by atoms with Crippen molar-refractivity contribution in [3.05, 3.63) is 51.8 Å². The quantitative estimate of drug-likeness (QED) is 0.445. The van der Waals surface area contributed by atoms with Gasteiger partial charge in [0.1, 0.15) is 11.4 Å². The van der Waals surface area contributed by atoms with Crippen LogP contribution in [-0.2, 0) is 13.1 Å². The van der Waals surface area contributed by atoms with Crippen LogP contribution < -0.4 is 19.5 Å². The van der Waals surface area contributed by atoms with Gasteiger partial charge in [0.2, 0.25) is 11.5 Å². The number of aryl methyl sites for hydroxylation is 1. The second kappa shape index (κ2) is 8.68. The predicted octanol–water partition coefficient (Wildman–Crippen LogP) is 2.92. The van der Waals surface area contributed by atoms with E-state index in [4.69, 9.17) is 14.2 Å². The van der Waals surface area contributed by atoms with Crippen LogP contribution in [0, 0.1) is 10.1 Å². The molecule has 0 radical (unpaired) electrons. The third kappa shape index (κ3) is 3.59. The number of nitro benzene ring substituents is 1. The van der Waals surface area contributed by atoms with E-state index >= 15 is 0 Å². The van der Waals surface area contributed by atoms with Gasteiger partial charge in [-0.15, -0.1) is 0 Å². The van der Waals surface area contributed by atoms with Gasteiger partial charge in [-0.25, -0.2) is 4.98 Å². The molecule has 10 nitrogen and oxygen atoms in total. The molecule has 0 saturated heterocycles. The summed E-state index contributed by atoms with van der Waals surface area (Å²) in [6, 6.07) is 8.89. The standard InChI is InChI=1S/C20H22N4O6/c1-5-23-14-9-7-6-8-13(14)22-16(23)11-21-20(25)12-10-15(28-2)18(29-3)19(30-4)17(12)24(26)27/h6-10H,5,11H2,1-4H3,(H,21,25). The number of nitrogens with zero attached hydrogens (tertiary/aromatic N) is 3. The normalized spacial score (nSPS) is 10.7. The first-order chi connectivity index (χ1) is 14.5. The fourth-order valence-corrected chi connectivity index (χ4v) is 3.36. The van der Waals surface area contributed by atoms with Gasteiger partial charge in [0.25, 0.3) is 5.91 Å². The summed E-state index contributed by atoms with van der Waals surface area (Å²) < 4.78 is 17.5. The Balaban J connectivity index is 1.98. The zero-order valence-corrected chi connectivity index (χ0v) is 17.1. The number of fused-ring (bicyclic) bond motifs is 1. The van der Waals surface area contributed by atoms with Crippen molar-refractivity contribution in [1.82, 2.24) is 14.9 Å². The average Bonchev–Trinajstić information content (AvgIpc) is 3.12. The van der Waals surface area contributed by atoms with Gasteiger partial charge < -0.3 is 24.1 Å². The Morgan fingerprint density at radius 1 is 1.17 bits per heavy atom. The van der Waals surface area contributed by atoms with Crippen molar-refractivity contribution in [2.75, 3.05) is 21.3 Å². The second-order valence-electron chi connectivity index (χ2n) is 6.24. The van der Waals surface area contributed by atoms with Crippen LogP contribution in [0.15, 0.2) is 30.3 Å². The summed E-state index contributed by atoms with van der Waals surface area (Å²) in [4.78, 5) is 28.5. The third-order valence-corrected chi connectivity index (χ3v) is 4.69. The number of nitrogens with one attached hydrogen (secondary N) is 1. The minimum absolute atomic E-state index is 0.0380. The largest absolute Gasteiger partial charge is 0.493 e. The molecular formula is C20H22N4O6. The first-order valence-electron chi connectivity index (χ1n) is 9.16. The molecule has 1 N–H and O–H groups in total. The Kier molecular flexibility index (Phi) is 6.05. The van der Waals surface area contributed by atoms with Crippen LogP contribution in [0.25, 0.3) is 11.0 Å². The maximum Gasteiger partial charge on any atom is 0.327 e. The van der Waals surface area contributed by atoms with E-state index in [-0.39, 0.29) is 29.4 Å². The molecule has 1 amide bonds. The monoisotopic (exact) mass is 414 g/mol. The van der Waals surface area contributed by atoms with Gasteiger partial charge in [0.05, 0.1) is 43.8 Å². The number of amides is 1. The summed E-state index contributed by atoms with van der Waals surface area (Å²) in [5, 5.41) is 14.4. The number of nitro groups is 1. The Morgan fingerprint density at radius 2 is 1.87 bits per heavy atom. The molecular weight excluding hydrogens is 392 g/mol. The molecule has 0 aliphatic heterocycles. The van der Waals surface area contributed by atoms with E-state index in [1.54, 1.807) is 0 Å². The number of carbonyl (C=O) groups excluding carboxylic acids is 1. The number of para-hydroxylation sites is 2. The maximum absolute atomic E-state index is 12.9. The fourth-order valence-electron chi connectivity index (χ4n) is 3.36. The number of aromatic nitrogens is 2. The molecule has 1 aromatic heterocycles. The van der Waals surface area contributed by atoms with Gasteiger partial charge >= 0.3 is 5.69 Å². The molecule has 1 heterocycles. The minimum atomic E-state index is -0.684. The molecule has 0 unspecified atom stereocenters.